The number of carbonyl (C=O) groups is 3. The van der Waals surface area contributed by atoms with Crippen LogP contribution in [-0.4, -0.2) is 35.6 Å². The number of thioether (sulfide) groups is 1. The van der Waals surface area contributed by atoms with Crippen molar-refractivity contribution >= 4 is 68.1 Å². The molecule has 1 N–H and O–H groups in total. The summed E-state index contributed by atoms with van der Waals surface area (Å²) in [5.74, 6) is -0.0364. The highest BCUT2D eigenvalue weighted by Crippen LogP contribution is 2.39. The van der Waals surface area contributed by atoms with Crippen molar-refractivity contribution in [3.05, 3.63) is 91.3 Å². The number of carbonyl (C=O) groups excluding carboxylic acids is 3. The first-order valence-corrected chi connectivity index (χ1v) is 13.5. The summed E-state index contributed by atoms with van der Waals surface area (Å²) in [6, 6.07) is 16.5. The van der Waals surface area contributed by atoms with Gasteiger partial charge in [-0.05, 0) is 100 Å². The van der Waals surface area contributed by atoms with E-state index in [9.17, 15) is 14.4 Å². The van der Waals surface area contributed by atoms with Gasteiger partial charge in [0.2, 0.25) is 5.91 Å². The van der Waals surface area contributed by atoms with Crippen LogP contribution in [0, 0.1) is 13.8 Å². The number of amides is 3. The van der Waals surface area contributed by atoms with E-state index in [1.807, 2.05) is 44.2 Å². The number of hydrogen-bond acceptors (Lipinski definition) is 6. The Kier molecular flexibility index (Phi) is 8.81. The molecule has 196 valence electrons. The molecule has 0 bridgehead atoms. The molecule has 0 spiro atoms. The van der Waals surface area contributed by atoms with Crippen LogP contribution in [0.3, 0.4) is 0 Å². The minimum atomic E-state index is -0.533. The monoisotopic (exact) mass is 614 g/mol. The predicted molar refractivity (Wildman–Crippen MR) is 154 cm³/mol. The molecule has 1 saturated heterocycles. The summed E-state index contributed by atoms with van der Waals surface area (Å²) in [7, 11) is 1.52. The van der Waals surface area contributed by atoms with Crippen LogP contribution >= 0.6 is 39.3 Å². The number of nitrogens with zero attached hydrogens (tertiary/aromatic N) is 1. The van der Waals surface area contributed by atoms with E-state index in [1.54, 1.807) is 30.3 Å². The lowest BCUT2D eigenvalue weighted by atomic mass is 10.1. The highest BCUT2D eigenvalue weighted by Gasteiger charge is 2.36. The summed E-state index contributed by atoms with van der Waals surface area (Å²) in [6.45, 7) is 3.72. The second-order valence-corrected chi connectivity index (χ2v) is 10.9. The van der Waals surface area contributed by atoms with E-state index in [2.05, 4.69) is 21.2 Å². The fourth-order valence-corrected chi connectivity index (χ4v) is 5.23. The van der Waals surface area contributed by atoms with Gasteiger partial charge in [0.25, 0.3) is 11.1 Å². The Balaban J connectivity index is 1.47. The summed E-state index contributed by atoms with van der Waals surface area (Å²) < 4.78 is 12.1. The van der Waals surface area contributed by atoms with E-state index >= 15 is 0 Å². The minimum absolute atomic E-state index is 0.207. The zero-order valence-corrected chi connectivity index (χ0v) is 24.0. The average molecular weight is 616 g/mol. The number of ether oxygens (including phenoxy) is 2. The molecular weight excluding hydrogens is 592 g/mol. The Hall–Kier alpha value is -3.27. The summed E-state index contributed by atoms with van der Waals surface area (Å²) in [5.41, 5.74) is 4.08. The Bertz CT molecular complexity index is 1440. The molecule has 4 rings (SSSR count). The van der Waals surface area contributed by atoms with Crippen molar-refractivity contribution in [3.63, 3.8) is 0 Å². The molecule has 0 atom stereocenters. The van der Waals surface area contributed by atoms with Crippen molar-refractivity contribution < 1.29 is 23.9 Å². The first-order valence-electron chi connectivity index (χ1n) is 11.5. The largest absolute Gasteiger partial charge is 0.493 e. The van der Waals surface area contributed by atoms with Crippen molar-refractivity contribution in [1.29, 1.82) is 0 Å². The maximum atomic E-state index is 13.0. The molecule has 10 heteroatoms. The Morgan fingerprint density at radius 1 is 1.11 bits per heavy atom. The maximum absolute atomic E-state index is 13.0. The van der Waals surface area contributed by atoms with Crippen LogP contribution in [0.25, 0.3) is 6.08 Å². The van der Waals surface area contributed by atoms with Gasteiger partial charge in [-0.2, -0.15) is 0 Å². The van der Waals surface area contributed by atoms with Gasteiger partial charge in [0.15, 0.2) is 11.5 Å². The van der Waals surface area contributed by atoms with Crippen LogP contribution in [0.5, 0.6) is 11.5 Å². The normalized spacial score (nSPS) is 14.2. The number of benzene rings is 3. The van der Waals surface area contributed by atoms with Crippen LogP contribution in [0.4, 0.5) is 10.5 Å². The number of imide groups is 1. The Morgan fingerprint density at radius 3 is 2.55 bits per heavy atom. The number of aryl methyl sites for hydroxylation is 2. The molecule has 1 aliphatic heterocycles. The number of nitrogens with one attached hydrogen (secondary N) is 1. The first-order chi connectivity index (χ1) is 18.1. The smallest absolute Gasteiger partial charge is 0.294 e. The molecule has 0 aromatic heterocycles. The maximum Gasteiger partial charge on any atom is 0.294 e. The van der Waals surface area contributed by atoms with Gasteiger partial charge in [-0.3, -0.25) is 19.3 Å². The molecule has 3 amide bonds. The van der Waals surface area contributed by atoms with E-state index < -0.39 is 17.1 Å². The third kappa shape index (κ3) is 6.59. The fraction of sp³-hybridized carbons (Fsp3) is 0.179. The van der Waals surface area contributed by atoms with Gasteiger partial charge in [0.05, 0.1) is 16.5 Å². The van der Waals surface area contributed by atoms with Crippen molar-refractivity contribution in [2.45, 2.75) is 20.5 Å². The number of rotatable bonds is 8. The Labute approximate surface area is 238 Å². The van der Waals surface area contributed by atoms with Gasteiger partial charge in [-0.15, -0.1) is 0 Å². The average Bonchev–Trinajstić information content (AvgIpc) is 3.13. The zero-order valence-electron chi connectivity index (χ0n) is 20.8. The number of methoxy groups -OCH3 is 1. The molecule has 0 saturated carbocycles. The fourth-order valence-electron chi connectivity index (χ4n) is 3.69. The number of halogens is 2. The van der Waals surface area contributed by atoms with Crippen LogP contribution in [0.15, 0.2) is 64.0 Å². The van der Waals surface area contributed by atoms with Crippen LogP contribution in [-0.2, 0) is 16.2 Å². The highest BCUT2D eigenvalue weighted by molar-refractivity contribution is 9.10. The highest BCUT2D eigenvalue weighted by atomic mass is 79.9. The van der Waals surface area contributed by atoms with Gasteiger partial charge in [-0.1, -0.05) is 35.9 Å². The van der Waals surface area contributed by atoms with E-state index in [1.165, 1.54) is 7.11 Å². The minimum Gasteiger partial charge on any atom is -0.493 e. The summed E-state index contributed by atoms with van der Waals surface area (Å²) in [6.07, 6.45) is 1.59. The van der Waals surface area contributed by atoms with Crippen molar-refractivity contribution in [2.24, 2.45) is 0 Å². The van der Waals surface area contributed by atoms with Gasteiger partial charge < -0.3 is 14.8 Å². The standard InChI is InChI=1S/C28H24BrClN2O5S/c1-16-4-5-17(2)22(10-16)31-25(33)14-32-27(34)24(38-28(32)35)13-19-11-21(29)26(23(12-19)36-3)37-15-18-6-8-20(30)9-7-18/h4-13H,14-15H2,1-3H3,(H,31,33)/b24-13+. The van der Waals surface area contributed by atoms with Crippen molar-refractivity contribution in [3.8, 4) is 11.5 Å². The second kappa shape index (κ2) is 12.1. The van der Waals surface area contributed by atoms with Gasteiger partial charge in [0.1, 0.15) is 13.2 Å². The molecule has 1 heterocycles. The molecule has 3 aromatic rings. The number of hydrogen-bond donors (Lipinski definition) is 1. The second-order valence-electron chi connectivity index (χ2n) is 8.58. The Morgan fingerprint density at radius 2 is 1.84 bits per heavy atom. The molecule has 0 aliphatic carbocycles. The quantitative estimate of drug-likeness (QED) is 0.275. The molecule has 38 heavy (non-hydrogen) atoms. The van der Waals surface area contributed by atoms with Crippen molar-refractivity contribution in [1.82, 2.24) is 4.90 Å². The van der Waals surface area contributed by atoms with Crippen LogP contribution in [0.1, 0.15) is 22.3 Å². The lowest BCUT2D eigenvalue weighted by molar-refractivity contribution is -0.127. The molecule has 1 aliphatic rings. The SMILES string of the molecule is COc1cc(/C=C2/SC(=O)N(CC(=O)Nc3cc(C)ccc3C)C2=O)cc(Br)c1OCc1ccc(Cl)cc1. The van der Waals surface area contributed by atoms with Gasteiger partial charge in [-0.25, -0.2) is 0 Å². The lowest BCUT2D eigenvalue weighted by Crippen LogP contribution is -2.36. The molecule has 0 radical (unpaired) electrons. The zero-order chi connectivity index (χ0) is 27.4. The summed E-state index contributed by atoms with van der Waals surface area (Å²) in [5, 5.41) is 2.92. The summed E-state index contributed by atoms with van der Waals surface area (Å²) in [4.78, 5) is 39.3. The molecule has 0 unspecified atom stereocenters. The van der Waals surface area contributed by atoms with Crippen molar-refractivity contribution in [2.75, 3.05) is 19.0 Å². The van der Waals surface area contributed by atoms with Crippen LogP contribution < -0.4 is 14.8 Å². The number of anilines is 1. The van der Waals surface area contributed by atoms with Gasteiger partial charge in [0, 0.05) is 10.7 Å². The van der Waals surface area contributed by atoms with E-state index in [4.69, 9.17) is 21.1 Å². The molecular formula is C28H24BrClN2O5S. The van der Waals surface area contributed by atoms with Crippen LogP contribution in [0.2, 0.25) is 5.02 Å². The third-order valence-electron chi connectivity index (χ3n) is 5.69. The third-order valence-corrected chi connectivity index (χ3v) is 7.44. The molecule has 1 fully saturated rings. The van der Waals surface area contributed by atoms with E-state index in [0.717, 1.165) is 33.4 Å². The molecule has 7 nitrogen and oxygen atoms in total. The van der Waals surface area contributed by atoms with Gasteiger partial charge >= 0.3 is 0 Å². The first kappa shape index (κ1) is 27.8. The predicted octanol–water partition coefficient (Wildman–Crippen LogP) is 6.98. The lowest BCUT2D eigenvalue weighted by Gasteiger charge is -2.14. The summed E-state index contributed by atoms with van der Waals surface area (Å²) >= 11 is 10.2. The van der Waals surface area contributed by atoms with E-state index in [0.29, 0.717) is 38.9 Å². The van der Waals surface area contributed by atoms with E-state index in [-0.39, 0.29) is 11.4 Å². The molecule has 3 aromatic carbocycles. The topological polar surface area (TPSA) is 84.9 Å².